The van der Waals surface area contributed by atoms with E-state index < -0.39 is 0 Å². The number of ether oxygens (including phenoxy) is 3. The number of cyclic esters (lactones) is 3. The van der Waals surface area contributed by atoms with Crippen LogP contribution in [0.1, 0.15) is 233 Å². The molecule has 51 heavy (non-hydrogen) atoms. The molecule has 300 valence electrons. The summed E-state index contributed by atoms with van der Waals surface area (Å²) in [5, 5.41) is 0. The van der Waals surface area contributed by atoms with Gasteiger partial charge in [0.15, 0.2) is 0 Å². The topological polar surface area (TPSA) is 78.9 Å². The molecule has 0 spiro atoms. The van der Waals surface area contributed by atoms with E-state index in [1.54, 1.807) is 0 Å². The molecule has 0 saturated carbocycles. The molecule has 0 aromatic rings. The largest absolute Gasteiger partial charge is 0.466 e. The highest BCUT2D eigenvalue weighted by molar-refractivity contribution is 5.69. The SMILES string of the molecule is CC1CCCCCCCCCC(=O)OCC1.CC1CCCCCCCCCCC(=O)OCC1.CC1CCCCCCCCCCCC(=O)OCC1. The van der Waals surface area contributed by atoms with Gasteiger partial charge < -0.3 is 14.2 Å². The summed E-state index contributed by atoms with van der Waals surface area (Å²) in [6.45, 7) is 8.68. The van der Waals surface area contributed by atoms with Gasteiger partial charge in [0, 0.05) is 19.3 Å². The summed E-state index contributed by atoms with van der Waals surface area (Å²) in [5.74, 6) is 2.13. The lowest BCUT2D eigenvalue weighted by atomic mass is 9.99. The maximum absolute atomic E-state index is 11.5. The molecule has 6 nitrogen and oxygen atoms in total. The summed E-state index contributed by atoms with van der Waals surface area (Å²) in [4.78, 5) is 34.2. The van der Waals surface area contributed by atoms with Crippen molar-refractivity contribution in [2.45, 2.75) is 233 Å². The Morgan fingerprint density at radius 1 is 0.294 bits per heavy atom. The number of carbonyl (C=O) groups is 3. The maximum Gasteiger partial charge on any atom is 0.305 e. The Hall–Kier alpha value is -1.59. The normalized spacial score (nSPS) is 26.6. The van der Waals surface area contributed by atoms with Crippen LogP contribution in [0.4, 0.5) is 0 Å². The van der Waals surface area contributed by atoms with Crippen LogP contribution >= 0.6 is 0 Å². The lowest BCUT2D eigenvalue weighted by Gasteiger charge is -2.12. The summed E-state index contributed by atoms with van der Waals surface area (Å²) in [6.07, 6.45) is 39.7. The third kappa shape index (κ3) is 34.0. The van der Waals surface area contributed by atoms with Gasteiger partial charge in [0.2, 0.25) is 0 Å². The van der Waals surface area contributed by atoms with Crippen molar-refractivity contribution < 1.29 is 28.6 Å². The highest BCUT2D eigenvalue weighted by atomic mass is 16.5. The van der Waals surface area contributed by atoms with Gasteiger partial charge in [-0.05, 0) is 56.3 Å². The van der Waals surface area contributed by atoms with Gasteiger partial charge in [0.1, 0.15) is 0 Å². The van der Waals surface area contributed by atoms with Crippen molar-refractivity contribution in [1.29, 1.82) is 0 Å². The van der Waals surface area contributed by atoms with Crippen molar-refractivity contribution in [1.82, 2.24) is 0 Å². The molecular formula is C45H84O6. The minimum Gasteiger partial charge on any atom is -0.466 e. The molecule has 3 rings (SSSR count). The smallest absolute Gasteiger partial charge is 0.305 e. The van der Waals surface area contributed by atoms with Crippen molar-refractivity contribution in [3.05, 3.63) is 0 Å². The number of hydrogen-bond donors (Lipinski definition) is 0. The average molecular weight is 721 g/mol. The Labute approximate surface area is 316 Å². The van der Waals surface area contributed by atoms with E-state index in [0.717, 1.165) is 38.5 Å². The van der Waals surface area contributed by atoms with Crippen molar-refractivity contribution in [2.75, 3.05) is 19.8 Å². The molecule has 0 amide bonds. The number of rotatable bonds is 0. The van der Waals surface area contributed by atoms with Crippen LogP contribution in [0.2, 0.25) is 0 Å². The summed E-state index contributed by atoms with van der Waals surface area (Å²) >= 11 is 0. The van der Waals surface area contributed by atoms with Crippen LogP contribution in [0.15, 0.2) is 0 Å². The molecule has 3 heterocycles. The first-order valence-electron chi connectivity index (χ1n) is 22.3. The second-order valence-corrected chi connectivity index (χ2v) is 16.4. The number of esters is 3. The van der Waals surface area contributed by atoms with Crippen LogP contribution in [-0.2, 0) is 28.6 Å². The van der Waals surface area contributed by atoms with Gasteiger partial charge in [-0.15, -0.1) is 0 Å². The molecule has 0 bridgehead atoms. The molecule has 0 aromatic carbocycles. The number of hydrogen-bond acceptors (Lipinski definition) is 6. The molecule has 0 radical (unpaired) electrons. The van der Waals surface area contributed by atoms with Gasteiger partial charge in [0.05, 0.1) is 19.8 Å². The zero-order valence-electron chi connectivity index (χ0n) is 34.1. The molecule has 0 aromatic heterocycles. The molecule has 3 saturated heterocycles. The number of carbonyl (C=O) groups excluding carboxylic acids is 3. The molecule has 0 N–H and O–H groups in total. The van der Waals surface area contributed by atoms with Gasteiger partial charge in [-0.2, -0.15) is 0 Å². The summed E-state index contributed by atoms with van der Waals surface area (Å²) < 4.78 is 15.7. The highest BCUT2D eigenvalue weighted by Gasteiger charge is 2.09. The predicted molar refractivity (Wildman–Crippen MR) is 213 cm³/mol. The van der Waals surface area contributed by atoms with Gasteiger partial charge in [0.25, 0.3) is 0 Å². The third-order valence-electron chi connectivity index (χ3n) is 11.1. The molecule has 3 aliphatic heterocycles. The molecule has 0 aliphatic carbocycles. The predicted octanol–water partition coefficient (Wildman–Crippen LogP) is 13.4. The fourth-order valence-electron chi connectivity index (χ4n) is 7.24. The van der Waals surface area contributed by atoms with Gasteiger partial charge >= 0.3 is 17.9 Å². The van der Waals surface area contributed by atoms with Crippen LogP contribution in [0.3, 0.4) is 0 Å². The maximum atomic E-state index is 11.5. The van der Waals surface area contributed by atoms with E-state index in [0.29, 0.717) is 56.8 Å². The Kier molecular flexibility index (Phi) is 33.0. The van der Waals surface area contributed by atoms with Crippen molar-refractivity contribution in [3.63, 3.8) is 0 Å². The Bertz CT molecular complexity index is 813. The minimum atomic E-state index is 0.00394. The van der Waals surface area contributed by atoms with Crippen LogP contribution in [0.25, 0.3) is 0 Å². The van der Waals surface area contributed by atoms with E-state index in [-0.39, 0.29) is 17.9 Å². The second-order valence-electron chi connectivity index (χ2n) is 16.4. The van der Waals surface area contributed by atoms with E-state index >= 15 is 0 Å². The molecule has 3 unspecified atom stereocenters. The standard InChI is InChI=1S/C16H30O2.C15H28O2.C14H26O2/c1-15-11-9-7-5-3-2-4-6-8-10-12-16(17)18-14-13-15;1-14-10-8-6-4-2-3-5-7-9-11-15(16)17-13-12-14;1-13-9-7-5-3-2-4-6-8-10-14(15)16-12-11-13/h15H,2-14H2,1H3;14H,2-13H2,1H3;13H,2-12H2,1H3. The minimum absolute atomic E-state index is 0.00394. The molecule has 3 aliphatic rings. The van der Waals surface area contributed by atoms with E-state index in [2.05, 4.69) is 20.8 Å². The molecule has 3 atom stereocenters. The first-order valence-corrected chi connectivity index (χ1v) is 22.3. The van der Waals surface area contributed by atoms with Crippen LogP contribution in [0.5, 0.6) is 0 Å². The Morgan fingerprint density at radius 3 is 0.725 bits per heavy atom. The van der Waals surface area contributed by atoms with Crippen molar-refractivity contribution in [2.24, 2.45) is 17.8 Å². The fraction of sp³-hybridized carbons (Fsp3) is 0.933. The average Bonchev–Trinajstić information content (AvgIpc) is 3.11. The van der Waals surface area contributed by atoms with Gasteiger partial charge in [-0.1, -0.05) is 175 Å². The third-order valence-corrected chi connectivity index (χ3v) is 11.1. The lowest BCUT2D eigenvalue weighted by molar-refractivity contribution is -0.145. The molecular weight excluding hydrogens is 636 g/mol. The first-order chi connectivity index (χ1) is 24.9. The molecule has 6 heteroatoms. The monoisotopic (exact) mass is 721 g/mol. The Morgan fingerprint density at radius 2 is 0.490 bits per heavy atom. The second kappa shape index (κ2) is 35.4. The lowest BCUT2D eigenvalue weighted by Crippen LogP contribution is -2.08. The van der Waals surface area contributed by atoms with Crippen LogP contribution < -0.4 is 0 Å². The Balaban J connectivity index is 0.000000383. The fourth-order valence-corrected chi connectivity index (χ4v) is 7.24. The summed E-state index contributed by atoms with van der Waals surface area (Å²) in [7, 11) is 0. The van der Waals surface area contributed by atoms with Crippen molar-refractivity contribution >= 4 is 17.9 Å². The van der Waals surface area contributed by atoms with E-state index in [4.69, 9.17) is 14.2 Å². The van der Waals surface area contributed by atoms with Crippen LogP contribution in [-0.4, -0.2) is 37.7 Å². The summed E-state index contributed by atoms with van der Waals surface area (Å²) in [5.41, 5.74) is 0. The van der Waals surface area contributed by atoms with Crippen LogP contribution in [0, 0.1) is 17.8 Å². The molecule has 3 fully saturated rings. The van der Waals surface area contributed by atoms with Gasteiger partial charge in [-0.3, -0.25) is 14.4 Å². The van der Waals surface area contributed by atoms with Gasteiger partial charge in [-0.25, -0.2) is 0 Å². The zero-order chi connectivity index (χ0) is 37.0. The van der Waals surface area contributed by atoms with E-state index in [1.807, 2.05) is 0 Å². The van der Waals surface area contributed by atoms with E-state index in [1.165, 1.54) is 154 Å². The first kappa shape index (κ1) is 47.4. The van der Waals surface area contributed by atoms with Crippen molar-refractivity contribution in [3.8, 4) is 0 Å². The van der Waals surface area contributed by atoms with E-state index in [9.17, 15) is 14.4 Å². The zero-order valence-corrected chi connectivity index (χ0v) is 34.1. The quantitative estimate of drug-likeness (QED) is 0.183. The highest BCUT2D eigenvalue weighted by Crippen LogP contribution is 2.19. The summed E-state index contributed by atoms with van der Waals surface area (Å²) in [6, 6.07) is 0.